The van der Waals surface area contributed by atoms with Gasteiger partial charge in [-0.3, -0.25) is 10.4 Å². The van der Waals surface area contributed by atoms with E-state index in [9.17, 15) is 0 Å². The quantitative estimate of drug-likeness (QED) is 0.862. The zero-order valence-corrected chi connectivity index (χ0v) is 15.2. The molecule has 0 bridgehead atoms. The van der Waals surface area contributed by atoms with Crippen molar-refractivity contribution in [2.75, 3.05) is 13.1 Å². The lowest BCUT2D eigenvalue weighted by Crippen LogP contribution is -2.60. The fraction of sp³-hybridized carbons (Fsp3) is 0.364. The molecule has 27 heavy (non-hydrogen) atoms. The maximum atomic E-state index is 8.97. The van der Waals surface area contributed by atoms with E-state index in [4.69, 9.17) is 10.00 Å². The molecule has 0 atom stereocenters. The first kappa shape index (κ1) is 16.5. The van der Waals surface area contributed by atoms with Gasteiger partial charge in [0.05, 0.1) is 32.1 Å². The number of nitrogens with one attached hydrogen (secondary N) is 1. The van der Waals surface area contributed by atoms with Gasteiger partial charge in [-0.25, -0.2) is 5.01 Å². The number of hydrazine groups is 1. The highest BCUT2D eigenvalue weighted by Crippen LogP contribution is 2.34. The molecule has 1 N–H and O–H groups in total. The van der Waals surface area contributed by atoms with E-state index in [-0.39, 0.29) is 6.10 Å². The number of hydrogen-bond donors (Lipinski definition) is 1. The normalized spacial score (nSPS) is 18.8. The van der Waals surface area contributed by atoms with Gasteiger partial charge < -0.3 is 4.74 Å². The zero-order valence-electron chi connectivity index (χ0n) is 15.2. The molecule has 0 radical (unpaired) electrons. The predicted molar refractivity (Wildman–Crippen MR) is 105 cm³/mol. The fourth-order valence-corrected chi connectivity index (χ4v) is 3.68. The number of benzene rings is 2. The Morgan fingerprint density at radius 2 is 2.07 bits per heavy atom. The lowest BCUT2D eigenvalue weighted by molar-refractivity contribution is -0.0180. The van der Waals surface area contributed by atoms with Crippen molar-refractivity contribution in [2.24, 2.45) is 4.99 Å². The van der Waals surface area contributed by atoms with Gasteiger partial charge in [0.1, 0.15) is 11.9 Å². The van der Waals surface area contributed by atoms with E-state index in [1.54, 1.807) is 0 Å². The standard InChI is InChI=1S/C22H22N4O/c23-7-6-15-2-1-3-16(8-15)17-9-18-11-24-12-21(18)22(10-17)27-20-13-26(14-20)25-19-4-5-19/h1-3,8-11,19-20,25H,4-6,12-14H2. The number of nitriles is 1. The molecule has 1 aliphatic carbocycles. The van der Waals surface area contributed by atoms with Gasteiger partial charge in [0, 0.05) is 23.4 Å². The molecule has 2 fully saturated rings. The van der Waals surface area contributed by atoms with Gasteiger partial charge >= 0.3 is 0 Å². The highest BCUT2D eigenvalue weighted by Gasteiger charge is 2.33. The Hall–Kier alpha value is -2.68. The van der Waals surface area contributed by atoms with Crippen molar-refractivity contribution in [3.05, 3.63) is 53.1 Å². The second kappa shape index (κ2) is 6.80. The largest absolute Gasteiger partial charge is 0.487 e. The van der Waals surface area contributed by atoms with Crippen molar-refractivity contribution in [3.63, 3.8) is 0 Å². The Morgan fingerprint density at radius 1 is 1.19 bits per heavy atom. The van der Waals surface area contributed by atoms with Gasteiger partial charge in [-0.15, -0.1) is 0 Å². The van der Waals surface area contributed by atoms with Gasteiger partial charge in [-0.1, -0.05) is 24.3 Å². The summed E-state index contributed by atoms with van der Waals surface area (Å²) < 4.78 is 6.35. The minimum absolute atomic E-state index is 0.223. The van der Waals surface area contributed by atoms with Crippen LogP contribution < -0.4 is 10.2 Å². The topological polar surface area (TPSA) is 60.6 Å². The summed E-state index contributed by atoms with van der Waals surface area (Å²) in [4.78, 5) is 4.44. The third-order valence-corrected chi connectivity index (χ3v) is 5.35. The van der Waals surface area contributed by atoms with Crippen LogP contribution >= 0.6 is 0 Å². The van der Waals surface area contributed by atoms with Gasteiger partial charge in [-0.2, -0.15) is 5.26 Å². The van der Waals surface area contributed by atoms with E-state index in [1.165, 1.54) is 18.4 Å². The Labute approximate surface area is 159 Å². The van der Waals surface area contributed by atoms with Crippen molar-refractivity contribution in [2.45, 2.75) is 38.0 Å². The molecule has 5 rings (SSSR count). The summed E-state index contributed by atoms with van der Waals surface area (Å²) in [5.74, 6) is 0.946. The number of nitrogens with zero attached hydrogens (tertiary/aromatic N) is 3. The first-order valence-electron chi connectivity index (χ1n) is 9.59. The van der Waals surface area contributed by atoms with Gasteiger partial charge in [0.15, 0.2) is 0 Å². The van der Waals surface area contributed by atoms with E-state index < -0.39 is 0 Å². The minimum atomic E-state index is 0.223. The van der Waals surface area contributed by atoms with E-state index >= 15 is 0 Å². The maximum absolute atomic E-state index is 8.97. The molecule has 1 saturated carbocycles. The van der Waals surface area contributed by atoms with Crippen LogP contribution in [-0.2, 0) is 13.0 Å². The molecule has 5 heteroatoms. The van der Waals surface area contributed by atoms with Gasteiger partial charge in [0.2, 0.25) is 0 Å². The van der Waals surface area contributed by atoms with Crippen LogP contribution in [0.3, 0.4) is 0 Å². The molecule has 0 unspecified atom stereocenters. The smallest absolute Gasteiger partial charge is 0.127 e. The summed E-state index contributed by atoms with van der Waals surface area (Å²) in [6.45, 7) is 2.54. The Kier molecular flexibility index (Phi) is 4.16. The van der Waals surface area contributed by atoms with Crippen LogP contribution in [0, 0.1) is 11.3 Å². The Bertz CT molecular complexity index is 936. The molecule has 1 saturated heterocycles. The van der Waals surface area contributed by atoms with Crippen LogP contribution in [0.4, 0.5) is 0 Å². The van der Waals surface area contributed by atoms with E-state index in [0.717, 1.165) is 41.1 Å². The van der Waals surface area contributed by atoms with Crippen LogP contribution in [0.2, 0.25) is 0 Å². The number of aliphatic imine (C=N–C) groups is 1. The average Bonchev–Trinajstić information content (AvgIpc) is 3.34. The molecule has 0 amide bonds. The summed E-state index contributed by atoms with van der Waals surface area (Å²) in [7, 11) is 0. The number of rotatable bonds is 6. The van der Waals surface area contributed by atoms with Crippen molar-refractivity contribution >= 4 is 6.21 Å². The summed E-state index contributed by atoms with van der Waals surface area (Å²) in [6.07, 6.45) is 5.17. The van der Waals surface area contributed by atoms with Crippen LogP contribution in [0.15, 0.2) is 41.4 Å². The average molecular weight is 358 g/mol. The molecule has 2 aromatic rings. The summed E-state index contributed by atoms with van der Waals surface area (Å²) in [5.41, 5.74) is 9.10. The molecule has 3 aliphatic rings. The predicted octanol–water partition coefficient (Wildman–Crippen LogP) is 3.08. The lowest BCUT2D eigenvalue weighted by Gasteiger charge is -2.39. The lowest BCUT2D eigenvalue weighted by atomic mass is 9.97. The highest BCUT2D eigenvalue weighted by atomic mass is 16.5. The Balaban J connectivity index is 1.37. The molecular formula is C22H22N4O. The molecule has 2 aliphatic heterocycles. The molecule has 0 aromatic heterocycles. The maximum Gasteiger partial charge on any atom is 0.127 e. The Morgan fingerprint density at radius 3 is 2.89 bits per heavy atom. The van der Waals surface area contributed by atoms with Crippen LogP contribution in [0.5, 0.6) is 5.75 Å². The zero-order chi connectivity index (χ0) is 18.2. The van der Waals surface area contributed by atoms with Crippen LogP contribution in [0.1, 0.15) is 29.5 Å². The van der Waals surface area contributed by atoms with Crippen molar-refractivity contribution in [1.29, 1.82) is 5.26 Å². The number of ether oxygens (including phenoxy) is 1. The third-order valence-electron chi connectivity index (χ3n) is 5.35. The second-order valence-electron chi connectivity index (χ2n) is 7.60. The number of hydrogen-bond acceptors (Lipinski definition) is 5. The van der Waals surface area contributed by atoms with Crippen LogP contribution in [-0.4, -0.2) is 36.5 Å². The molecule has 2 aromatic carbocycles. The van der Waals surface area contributed by atoms with Crippen molar-refractivity contribution in [1.82, 2.24) is 10.4 Å². The first-order valence-corrected chi connectivity index (χ1v) is 9.59. The molecular weight excluding hydrogens is 336 g/mol. The SMILES string of the molecule is N#CCc1cccc(-c2cc3c(c(OC4CN(NC5CC5)C4)c2)CN=C3)c1. The highest BCUT2D eigenvalue weighted by molar-refractivity contribution is 5.88. The monoisotopic (exact) mass is 358 g/mol. The fourth-order valence-electron chi connectivity index (χ4n) is 3.68. The van der Waals surface area contributed by atoms with Gasteiger partial charge in [-0.05, 0) is 41.7 Å². The van der Waals surface area contributed by atoms with E-state index in [0.29, 0.717) is 19.0 Å². The van der Waals surface area contributed by atoms with Gasteiger partial charge in [0.25, 0.3) is 0 Å². The van der Waals surface area contributed by atoms with Crippen LogP contribution in [0.25, 0.3) is 11.1 Å². The molecule has 0 spiro atoms. The third kappa shape index (κ3) is 3.46. The molecule has 136 valence electrons. The van der Waals surface area contributed by atoms with E-state index in [2.05, 4.69) is 45.8 Å². The minimum Gasteiger partial charge on any atom is -0.487 e. The first-order chi connectivity index (χ1) is 13.3. The van der Waals surface area contributed by atoms with Crippen molar-refractivity contribution in [3.8, 4) is 22.9 Å². The summed E-state index contributed by atoms with van der Waals surface area (Å²) >= 11 is 0. The summed E-state index contributed by atoms with van der Waals surface area (Å²) in [6, 6.07) is 15.4. The second-order valence-corrected chi connectivity index (χ2v) is 7.60. The summed E-state index contributed by atoms with van der Waals surface area (Å²) in [5, 5.41) is 11.2. The van der Waals surface area contributed by atoms with E-state index in [1.807, 2.05) is 18.3 Å². The number of fused-ring (bicyclic) bond motifs is 1. The molecule has 2 heterocycles. The molecule has 5 nitrogen and oxygen atoms in total. The van der Waals surface area contributed by atoms with Crippen molar-refractivity contribution < 1.29 is 4.74 Å².